The summed E-state index contributed by atoms with van der Waals surface area (Å²) in [6.45, 7) is -2.32. The van der Waals surface area contributed by atoms with E-state index in [1.807, 2.05) is 0 Å². The summed E-state index contributed by atoms with van der Waals surface area (Å²) < 4.78 is 48.2. The van der Waals surface area contributed by atoms with Crippen molar-refractivity contribution in [1.29, 1.82) is 0 Å². The second kappa shape index (κ2) is 24.9. The highest BCUT2D eigenvalue weighted by molar-refractivity contribution is 5.07. The van der Waals surface area contributed by atoms with Crippen LogP contribution in [-0.2, 0) is 37.9 Å². The van der Waals surface area contributed by atoms with Crippen LogP contribution in [0.1, 0.15) is 122 Å². The van der Waals surface area contributed by atoms with Crippen LogP contribution in [0.2, 0.25) is 0 Å². The molecule has 0 radical (unpaired) electrons. The van der Waals surface area contributed by atoms with Gasteiger partial charge in [-0.25, -0.2) is 0 Å². The number of hydrogen-bond donors (Lipinski definition) is 13. The van der Waals surface area contributed by atoms with E-state index in [9.17, 15) is 66.4 Å². The zero-order valence-corrected chi connectivity index (χ0v) is 39.2. The van der Waals surface area contributed by atoms with Crippen LogP contribution in [0.5, 0.6) is 0 Å². The Bertz CT molecular complexity index is 1460. The Morgan fingerprint density at radius 2 is 0.971 bits per heavy atom. The van der Waals surface area contributed by atoms with Crippen molar-refractivity contribution in [1.82, 2.24) is 0 Å². The van der Waals surface area contributed by atoms with Gasteiger partial charge in [0, 0.05) is 11.8 Å². The van der Waals surface area contributed by atoms with Gasteiger partial charge in [-0.1, -0.05) is 103 Å². The van der Waals surface area contributed by atoms with Crippen molar-refractivity contribution in [3.63, 3.8) is 0 Å². The van der Waals surface area contributed by atoms with E-state index in [0.717, 1.165) is 38.5 Å². The summed E-state index contributed by atoms with van der Waals surface area (Å²) >= 11 is 0. The van der Waals surface area contributed by atoms with E-state index in [2.05, 4.69) is 0 Å². The molecule has 21 heteroatoms. The number of aliphatic hydroxyl groups excluding tert-OH is 13. The predicted molar refractivity (Wildman–Crippen MR) is 234 cm³/mol. The van der Waals surface area contributed by atoms with Crippen molar-refractivity contribution >= 4 is 0 Å². The normalized spacial score (nSPS) is 44.3. The molecule has 1 spiro atoms. The number of ether oxygens (including phenoxy) is 8. The average Bonchev–Trinajstić information content (AvgIpc) is 3.73. The van der Waals surface area contributed by atoms with E-state index in [0.29, 0.717) is 24.7 Å². The zero-order chi connectivity index (χ0) is 48.8. The Morgan fingerprint density at radius 3 is 1.53 bits per heavy atom. The minimum Gasteiger partial charge on any atom is -0.394 e. The van der Waals surface area contributed by atoms with Crippen molar-refractivity contribution in [2.75, 3.05) is 33.0 Å². The summed E-state index contributed by atoms with van der Waals surface area (Å²) in [5, 5.41) is 139. The van der Waals surface area contributed by atoms with Crippen LogP contribution in [0.15, 0.2) is 0 Å². The van der Waals surface area contributed by atoms with Gasteiger partial charge in [0.1, 0.15) is 91.6 Å². The molecule has 396 valence electrons. The van der Waals surface area contributed by atoms with Gasteiger partial charge in [-0.2, -0.15) is 0 Å². The van der Waals surface area contributed by atoms with E-state index in [1.165, 1.54) is 64.2 Å². The van der Waals surface area contributed by atoms with Gasteiger partial charge in [0.05, 0.1) is 39.1 Å². The predicted octanol–water partition coefficient (Wildman–Crippen LogP) is -1.68. The first-order valence-electron chi connectivity index (χ1n) is 25.5. The lowest BCUT2D eigenvalue weighted by atomic mass is 9.77. The molecular formula is C47H82O21. The lowest BCUT2D eigenvalue weighted by Crippen LogP contribution is -2.65. The van der Waals surface area contributed by atoms with Gasteiger partial charge in [-0.05, 0) is 24.7 Å². The van der Waals surface area contributed by atoms with Gasteiger partial charge in [0.25, 0.3) is 0 Å². The Kier molecular flexibility index (Phi) is 20.1. The molecular weight excluding hydrogens is 900 g/mol. The maximum Gasteiger partial charge on any atom is 0.200 e. The topological polar surface area (TPSA) is 337 Å². The van der Waals surface area contributed by atoms with Crippen molar-refractivity contribution in [3.8, 4) is 0 Å². The lowest BCUT2D eigenvalue weighted by Gasteiger charge is -2.46. The molecule has 7 fully saturated rings. The average molecular weight is 983 g/mol. The highest BCUT2D eigenvalue weighted by Crippen LogP contribution is 2.47. The fourth-order valence-electron chi connectivity index (χ4n) is 11.9. The Balaban J connectivity index is 1.08. The maximum absolute atomic E-state index is 11.5. The standard InChI is InChI=1S/C47H82O21/c48-20-28-31(51)33(53)37(57)45(64-28)66-40-30(22-50)65-44(38(58)34(40)54)62-24-46(17-9-7-15-25-11-3-1-4-12-25,18-10-8-16-26-13-5-2-6-14-26)23-61-43-39(59)35(55)41-27(63-43)19-47(68-41)42(60)36(56)32(52)29(21-49)67-47/h25-45,48-60H,1-24H2/t27?,28?,29?,30?,31-,32-,33?,34?,35?,36?,37?,38?,39?,40-,41-,42?,43-,44-,45-,47-/m1/s1. The Labute approximate surface area is 398 Å². The molecule has 13 N–H and O–H groups in total. The third kappa shape index (κ3) is 12.6. The molecule has 7 rings (SSSR count). The fourth-order valence-corrected chi connectivity index (χ4v) is 11.9. The summed E-state index contributed by atoms with van der Waals surface area (Å²) in [5.41, 5.74) is -0.818. The van der Waals surface area contributed by atoms with E-state index in [1.54, 1.807) is 0 Å². The van der Waals surface area contributed by atoms with Gasteiger partial charge in [-0.15, -0.1) is 0 Å². The summed E-state index contributed by atoms with van der Waals surface area (Å²) in [6, 6.07) is 0. The second-order valence-corrected chi connectivity index (χ2v) is 21.0. The van der Waals surface area contributed by atoms with E-state index >= 15 is 0 Å². The number of aliphatic hydroxyl groups is 13. The second-order valence-electron chi connectivity index (χ2n) is 21.0. The first kappa shape index (κ1) is 54.9. The molecule has 0 aromatic carbocycles. The van der Waals surface area contributed by atoms with Gasteiger partial charge >= 0.3 is 0 Å². The SMILES string of the molecule is OCC1O[C@H](O[C@@H]2C(CO)O[C@@H](OCC(CCCCC3CCCCC3)(CCCCC3CCCCC3)CO[C@@H]3OC4C[C@@]5(OC(CO)[C@@H](O)C(O)C5O)O[C@H]4C(O)C3O)C(O)C2O)C(O)C(O)[C@@H]1O. The molecule has 21 nitrogen and oxygen atoms in total. The third-order valence-corrected chi connectivity index (χ3v) is 16.2. The van der Waals surface area contributed by atoms with Crippen LogP contribution >= 0.6 is 0 Å². The van der Waals surface area contributed by atoms with Crippen LogP contribution in [0.25, 0.3) is 0 Å². The highest BCUT2D eigenvalue weighted by atomic mass is 16.8. The summed E-state index contributed by atoms with van der Waals surface area (Å²) in [6.07, 6.45) is -11.0. The number of unbranched alkanes of at least 4 members (excludes halogenated alkanes) is 2. The van der Waals surface area contributed by atoms with Crippen LogP contribution in [-0.4, -0.2) is 222 Å². The molecule has 2 saturated carbocycles. The zero-order valence-electron chi connectivity index (χ0n) is 39.2. The van der Waals surface area contributed by atoms with Gasteiger partial charge in [-0.3, -0.25) is 0 Å². The number of rotatable bonds is 21. The third-order valence-electron chi connectivity index (χ3n) is 16.2. The minimum absolute atomic E-state index is 0.0635. The van der Waals surface area contributed by atoms with Gasteiger partial charge in [0.15, 0.2) is 18.9 Å². The number of hydrogen-bond acceptors (Lipinski definition) is 21. The maximum atomic E-state index is 11.5. The highest BCUT2D eigenvalue weighted by Gasteiger charge is 2.64. The molecule has 12 unspecified atom stereocenters. The molecule has 0 amide bonds. The molecule has 20 atom stereocenters. The van der Waals surface area contributed by atoms with Crippen LogP contribution in [0.3, 0.4) is 0 Å². The largest absolute Gasteiger partial charge is 0.394 e. The molecule has 5 aliphatic heterocycles. The minimum atomic E-state index is -1.98. The molecule has 5 saturated heterocycles. The lowest BCUT2D eigenvalue weighted by molar-refractivity contribution is -0.365. The van der Waals surface area contributed by atoms with Crippen molar-refractivity contribution in [2.45, 2.75) is 244 Å². The van der Waals surface area contributed by atoms with E-state index in [4.69, 9.17) is 37.9 Å². The molecule has 68 heavy (non-hydrogen) atoms. The van der Waals surface area contributed by atoms with Crippen molar-refractivity contribution in [2.24, 2.45) is 17.3 Å². The van der Waals surface area contributed by atoms with Crippen LogP contribution in [0, 0.1) is 17.3 Å². The van der Waals surface area contributed by atoms with Gasteiger partial charge < -0.3 is 104 Å². The molecule has 0 aromatic heterocycles. The first-order valence-corrected chi connectivity index (χ1v) is 25.5. The molecule has 5 heterocycles. The van der Waals surface area contributed by atoms with E-state index < -0.39 is 148 Å². The van der Waals surface area contributed by atoms with Crippen molar-refractivity contribution in [3.05, 3.63) is 0 Å². The summed E-state index contributed by atoms with van der Waals surface area (Å²) in [7, 11) is 0. The smallest absolute Gasteiger partial charge is 0.200 e. The monoisotopic (exact) mass is 983 g/mol. The fraction of sp³-hybridized carbons (Fsp3) is 1.00. The molecule has 0 bridgehead atoms. The molecule has 0 aromatic rings. The Hall–Kier alpha value is -0.840. The molecule has 2 aliphatic carbocycles. The van der Waals surface area contributed by atoms with Crippen LogP contribution in [0.4, 0.5) is 0 Å². The first-order chi connectivity index (χ1) is 32.6. The summed E-state index contributed by atoms with van der Waals surface area (Å²) in [4.78, 5) is 0. The number of fused-ring (bicyclic) bond motifs is 1. The van der Waals surface area contributed by atoms with Crippen LogP contribution < -0.4 is 0 Å². The Morgan fingerprint density at radius 1 is 0.471 bits per heavy atom. The van der Waals surface area contributed by atoms with Gasteiger partial charge in [0.2, 0.25) is 5.79 Å². The quantitative estimate of drug-likeness (QED) is 0.0571. The van der Waals surface area contributed by atoms with E-state index in [-0.39, 0.29) is 19.6 Å². The molecule has 7 aliphatic rings. The summed E-state index contributed by atoms with van der Waals surface area (Å²) in [5.74, 6) is -0.701. The van der Waals surface area contributed by atoms with Crippen molar-refractivity contribution < 1.29 is 104 Å².